The van der Waals surface area contributed by atoms with Crippen LogP contribution in [0.15, 0.2) is 0 Å². The maximum absolute atomic E-state index is 11.0. The van der Waals surface area contributed by atoms with Crippen LogP contribution in [0.1, 0.15) is 33.6 Å². The summed E-state index contributed by atoms with van der Waals surface area (Å²) in [5.74, 6) is -0.872. The third-order valence-corrected chi connectivity index (χ3v) is 1.68. The third-order valence-electron chi connectivity index (χ3n) is 1.68. The third kappa shape index (κ3) is 6.28. The molecule has 5 nitrogen and oxygen atoms in total. The number of carbonyl (C=O) groups excluding carboxylic acids is 1. The first-order valence-corrected chi connectivity index (χ1v) is 4.54. The van der Waals surface area contributed by atoms with Gasteiger partial charge in [-0.2, -0.15) is 0 Å². The predicted molar refractivity (Wildman–Crippen MR) is 51.1 cm³/mol. The molecule has 5 heteroatoms. The van der Waals surface area contributed by atoms with Crippen molar-refractivity contribution in [1.29, 1.82) is 0 Å². The maximum Gasteiger partial charge on any atom is 0.407 e. The van der Waals surface area contributed by atoms with Crippen LogP contribution in [0.5, 0.6) is 0 Å². The van der Waals surface area contributed by atoms with Gasteiger partial charge in [0, 0.05) is 12.0 Å². The second kappa shape index (κ2) is 5.47. The molecule has 2 N–H and O–H groups in total. The van der Waals surface area contributed by atoms with Gasteiger partial charge in [-0.3, -0.25) is 4.79 Å². The van der Waals surface area contributed by atoms with Crippen molar-refractivity contribution in [2.24, 2.45) is 0 Å². The van der Waals surface area contributed by atoms with Crippen LogP contribution in [-0.4, -0.2) is 29.3 Å². The van der Waals surface area contributed by atoms with Crippen LogP contribution in [0.4, 0.5) is 4.79 Å². The minimum absolute atomic E-state index is 0.0272. The molecule has 0 aliphatic heterocycles. The Labute approximate surface area is 83.4 Å². The summed E-state index contributed by atoms with van der Waals surface area (Å²) in [4.78, 5) is 21.3. The van der Waals surface area contributed by atoms with Crippen molar-refractivity contribution >= 4 is 12.1 Å². The fourth-order valence-electron chi connectivity index (χ4n) is 0.925. The van der Waals surface area contributed by atoms with Gasteiger partial charge in [-0.25, -0.2) is 4.79 Å². The molecule has 0 heterocycles. The molecule has 0 bridgehead atoms. The van der Waals surface area contributed by atoms with E-state index in [9.17, 15) is 9.59 Å². The lowest BCUT2D eigenvalue weighted by atomic mass is 9.99. The van der Waals surface area contributed by atoms with Crippen LogP contribution in [-0.2, 0) is 9.53 Å². The molecule has 82 valence electrons. The van der Waals surface area contributed by atoms with E-state index in [1.807, 2.05) is 0 Å². The fourth-order valence-corrected chi connectivity index (χ4v) is 0.925. The van der Waals surface area contributed by atoms with Gasteiger partial charge in [-0.05, 0) is 27.2 Å². The fraction of sp³-hybridized carbons (Fsp3) is 0.778. The van der Waals surface area contributed by atoms with Gasteiger partial charge < -0.3 is 15.2 Å². The lowest BCUT2D eigenvalue weighted by Crippen LogP contribution is -2.43. The second-order valence-electron chi connectivity index (χ2n) is 3.62. The van der Waals surface area contributed by atoms with Gasteiger partial charge >= 0.3 is 12.1 Å². The summed E-state index contributed by atoms with van der Waals surface area (Å²) in [6.45, 7) is 5.53. The standard InChI is InChI=1S/C9H17NO4/c1-4-14-8(13)10-9(2,3)6-5-7(11)12/h4-6H2,1-3H3,(H,10,13)(H,11,12). The molecule has 0 aromatic carbocycles. The zero-order valence-corrected chi connectivity index (χ0v) is 8.79. The lowest BCUT2D eigenvalue weighted by molar-refractivity contribution is -0.137. The molecule has 0 unspecified atom stereocenters. The van der Waals surface area contributed by atoms with E-state index < -0.39 is 17.6 Å². The molecule has 0 saturated heterocycles. The highest BCUT2D eigenvalue weighted by Crippen LogP contribution is 2.11. The van der Waals surface area contributed by atoms with Gasteiger partial charge in [0.2, 0.25) is 0 Å². The summed E-state index contributed by atoms with van der Waals surface area (Å²) in [6, 6.07) is 0. The van der Waals surface area contributed by atoms with Gasteiger partial charge in [0.05, 0.1) is 6.61 Å². The van der Waals surface area contributed by atoms with Gasteiger partial charge in [0.1, 0.15) is 0 Å². The number of alkyl carbamates (subject to hydrolysis) is 1. The van der Waals surface area contributed by atoms with E-state index in [2.05, 4.69) is 10.1 Å². The molecule has 0 fully saturated rings. The molecule has 14 heavy (non-hydrogen) atoms. The van der Waals surface area contributed by atoms with E-state index in [0.717, 1.165) is 0 Å². The monoisotopic (exact) mass is 203 g/mol. The van der Waals surface area contributed by atoms with Crippen molar-refractivity contribution in [2.75, 3.05) is 6.61 Å². The van der Waals surface area contributed by atoms with E-state index >= 15 is 0 Å². The molecule has 0 atom stereocenters. The van der Waals surface area contributed by atoms with E-state index in [1.165, 1.54) is 0 Å². The molecular formula is C9H17NO4. The summed E-state index contributed by atoms with van der Waals surface area (Å²) in [5, 5.41) is 11.1. The van der Waals surface area contributed by atoms with Crippen LogP contribution in [0.2, 0.25) is 0 Å². The highest BCUT2D eigenvalue weighted by atomic mass is 16.5. The van der Waals surface area contributed by atoms with E-state index in [1.54, 1.807) is 20.8 Å². The molecule has 0 spiro atoms. The number of carbonyl (C=O) groups is 2. The van der Waals surface area contributed by atoms with Crippen molar-refractivity contribution in [2.45, 2.75) is 39.2 Å². The maximum atomic E-state index is 11.0. The number of rotatable bonds is 5. The summed E-state index contributed by atoms with van der Waals surface area (Å²) < 4.78 is 4.69. The number of amides is 1. The Morgan fingerprint density at radius 3 is 2.43 bits per heavy atom. The van der Waals surface area contributed by atoms with Crippen molar-refractivity contribution in [3.05, 3.63) is 0 Å². The van der Waals surface area contributed by atoms with Crippen LogP contribution in [0, 0.1) is 0 Å². The first-order chi connectivity index (χ1) is 6.37. The predicted octanol–water partition coefficient (Wildman–Crippen LogP) is 1.38. The molecule has 0 radical (unpaired) electrons. The van der Waals surface area contributed by atoms with Gasteiger partial charge in [-0.15, -0.1) is 0 Å². The number of carboxylic acid groups (broad SMARTS) is 1. The smallest absolute Gasteiger partial charge is 0.407 e. The first-order valence-electron chi connectivity index (χ1n) is 4.54. The Balaban J connectivity index is 3.93. The van der Waals surface area contributed by atoms with Crippen molar-refractivity contribution in [1.82, 2.24) is 5.32 Å². The Hall–Kier alpha value is -1.26. The quantitative estimate of drug-likeness (QED) is 0.707. The average Bonchev–Trinajstić information content (AvgIpc) is 2.00. The highest BCUT2D eigenvalue weighted by molar-refractivity contribution is 5.69. The van der Waals surface area contributed by atoms with Crippen molar-refractivity contribution < 1.29 is 19.4 Å². The number of aliphatic carboxylic acids is 1. The molecule has 0 aromatic rings. The molecule has 0 aromatic heterocycles. The minimum Gasteiger partial charge on any atom is -0.481 e. The average molecular weight is 203 g/mol. The number of carboxylic acids is 1. The number of hydrogen-bond acceptors (Lipinski definition) is 3. The van der Waals surface area contributed by atoms with Crippen LogP contribution in [0.3, 0.4) is 0 Å². The van der Waals surface area contributed by atoms with E-state index in [-0.39, 0.29) is 6.42 Å². The van der Waals surface area contributed by atoms with Crippen LogP contribution in [0.25, 0.3) is 0 Å². The zero-order valence-electron chi connectivity index (χ0n) is 8.79. The topological polar surface area (TPSA) is 75.6 Å². The Bertz CT molecular complexity index is 213. The summed E-state index contributed by atoms with van der Waals surface area (Å²) in [6.07, 6.45) is -0.108. The summed E-state index contributed by atoms with van der Waals surface area (Å²) in [5.41, 5.74) is -0.551. The molecule has 0 aliphatic rings. The molecule has 0 aliphatic carbocycles. The minimum atomic E-state index is -0.872. The SMILES string of the molecule is CCOC(=O)NC(C)(C)CCC(=O)O. The summed E-state index contributed by atoms with van der Waals surface area (Å²) >= 11 is 0. The van der Waals surface area contributed by atoms with Crippen molar-refractivity contribution in [3.63, 3.8) is 0 Å². The lowest BCUT2D eigenvalue weighted by Gasteiger charge is -2.24. The van der Waals surface area contributed by atoms with Crippen LogP contribution < -0.4 is 5.32 Å². The van der Waals surface area contributed by atoms with Gasteiger partial charge in [0.15, 0.2) is 0 Å². The first kappa shape index (κ1) is 12.7. The Morgan fingerprint density at radius 2 is 2.00 bits per heavy atom. The molecule has 0 saturated carbocycles. The highest BCUT2D eigenvalue weighted by Gasteiger charge is 2.21. The Kier molecular flexibility index (Phi) is 4.97. The largest absolute Gasteiger partial charge is 0.481 e. The normalized spacial score (nSPS) is 10.8. The van der Waals surface area contributed by atoms with Crippen molar-refractivity contribution in [3.8, 4) is 0 Å². The zero-order chi connectivity index (χ0) is 11.2. The van der Waals surface area contributed by atoms with E-state index in [4.69, 9.17) is 5.11 Å². The van der Waals surface area contributed by atoms with E-state index in [0.29, 0.717) is 13.0 Å². The van der Waals surface area contributed by atoms with Crippen LogP contribution >= 0.6 is 0 Å². The number of ether oxygens (including phenoxy) is 1. The van der Waals surface area contributed by atoms with Gasteiger partial charge in [0.25, 0.3) is 0 Å². The second-order valence-corrected chi connectivity index (χ2v) is 3.62. The molecular weight excluding hydrogens is 186 g/mol. The van der Waals surface area contributed by atoms with Gasteiger partial charge in [-0.1, -0.05) is 0 Å². The Morgan fingerprint density at radius 1 is 1.43 bits per heavy atom. The molecule has 0 rings (SSSR count). The number of nitrogens with one attached hydrogen (secondary N) is 1. The summed E-state index contributed by atoms with van der Waals surface area (Å²) in [7, 11) is 0. The number of hydrogen-bond donors (Lipinski definition) is 2. The molecule has 1 amide bonds.